The SMILES string of the molecule is CCCC(=O)N[C@@H]1[C@@H](c2ccccc2)Nc2ncnn2[C@@H]1c1ccc(OC)cc1. The highest BCUT2D eigenvalue weighted by molar-refractivity contribution is 5.76. The van der Waals surface area contributed by atoms with Crippen LogP contribution in [0.25, 0.3) is 0 Å². The van der Waals surface area contributed by atoms with Gasteiger partial charge in [-0.3, -0.25) is 4.79 Å². The second-order valence-corrected chi connectivity index (χ2v) is 7.12. The van der Waals surface area contributed by atoms with Gasteiger partial charge in [0, 0.05) is 6.42 Å². The van der Waals surface area contributed by atoms with E-state index in [1.807, 2.05) is 54.1 Å². The van der Waals surface area contributed by atoms with E-state index in [0.29, 0.717) is 12.4 Å². The number of benzene rings is 2. The van der Waals surface area contributed by atoms with Crippen LogP contribution in [0.1, 0.15) is 43.0 Å². The molecule has 3 aromatic rings. The van der Waals surface area contributed by atoms with Gasteiger partial charge in [-0.05, 0) is 29.7 Å². The summed E-state index contributed by atoms with van der Waals surface area (Å²) in [4.78, 5) is 17.0. The monoisotopic (exact) mass is 391 g/mol. The first-order chi connectivity index (χ1) is 14.2. The van der Waals surface area contributed by atoms with Gasteiger partial charge in [-0.2, -0.15) is 10.1 Å². The van der Waals surface area contributed by atoms with E-state index >= 15 is 0 Å². The molecule has 0 spiro atoms. The van der Waals surface area contributed by atoms with Crippen molar-refractivity contribution in [2.24, 2.45) is 0 Å². The minimum absolute atomic E-state index is 0.0299. The lowest BCUT2D eigenvalue weighted by atomic mass is 9.88. The van der Waals surface area contributed by atoms with E-state index in [4.69, 9.17) is 4.74 Å². The van der Waals surface area contributed by atoms with E-state index in [1.165, 1.54) is 6.33 Å². The lowest BCUT2D eigenvalue weighted by Gasteiger charge is -2.40. The van der Waals surface area contributed by atoms with Crippen molar-refractivity contribution >= 4 is 11.9 Å². The van der Waals surface area contributed by atoms with Gasteiger partial charge in [-0.1, -0.05) is 49.4 Å². The molecule has 7 heteroatoms. The van der Waals surface area contributed by atoms with Gasteiger partial charge in [0.05, 0.1) is 19.2 Å². The Labute approximate surface area is 170 Å². The van der Waals surface area contributed by atoms with Gasteiger partial charge < -0.3 is 15.4 Å². The van der Waals surface area contributed by atoms with Gasteiger partial charge in [0.1, 0.15) is 18.1 Å². The molecule has 1 aliphatic rings. The van der Waals surface area contributed by atoms with Crippen LogP contribution >= 0.6 is 0 Å². The molecule has 0 aliphatic carbocycles. The third kappa shape index (κ3) is 3.81. The molecule has 0 saturated carbocycles. The zero-order valence-electron chi connectivity index (χ0n) is 16.6. The minimum Gasteiger partial charge on any atom is -0.497 e. The fourth-order valence-electron chi connectivity index (χ4n) is 3.87. The molecule has 1 aromatic heterocycles. The van der Waals surface area contributed by atoms with Crippen molar-refractivity contribution in [1.82, 2.24) is 20.1 Å². The summed E-state index contributed by atoms with van der Waals surface area (Å²) in [5.41, 5.74) is 2.11. The maximum atomic E-state index is 12.6. The standard InChI is InChI=1S/C22H25N5O2/c1-3-7-18(28)25-20-19(15-8-5-4-6-9-15)26-22-23-14-24-27(22)21(20)16-10-12-17(29-2)13-11-16/h4-6,8-14,19-21H,3,7H2,1-2H3,(H,25,28)(H,23,24,26)/t19-,20-,21-/m1/s1. The Hall–Kier alpha value is -3.35. The van der Waals surface area contributed by atoms with Crippen LogP contribution in [0.15, 0.2) is 60.9 Å². The van der Waals surface area contributed by atoms with Crippen LogP contribution in [0.4, 0.5) is 5.95 Å². The van der Waals surface area contributed by atoms with Crippen molar-refractivity contribution in [1.29, 1.82) is 0 Å². The number of hydrogen-bond acceptors (Lipinski definition) is 5. The molecular formula is C22H25N5O2. The van der Waals surface area contributed by atoms with Gasteiger partial charge in [-0.25, -0.2) is 4.68 Å². The highest BCUT2D eigenvalue weighted by Gasteiger charge is 2.40. The van der Waals surface area contributed by atoms with Gasteiger partial charge in [0.25, 0.3) is 0 Å². The number of nitrogens with one attached hydrogen (secondary N) is 2. The van der Waals surface area contributed by atoms with E-state index in [2.05, 4.69) is 32.8 Å². The molecule has 2 aromatic carbocycles. The second-order valence-electron chi connectivity index (χ2n) is 7.12. The highest BCUT2D eigenvalue weighted by atomic mass is 16.5. The Kier molecular flexibility index (Phi) is 5.46. The Morgan fingerprint density at radius 3 is 2.59 bits per heavy atom. The molecule has 150 valence electrons. The van der Waals surface area contributed by atoms with E-state index < -0.39 is 0 Å². The summed E-state index contributed by atoms with van der Waals surface area (Å²) >= 11 is 0. The van der Waals surface area contributed by atoms with Crippen molar-refractivity contribution in [3.63, 3.8) is 0 Å². The number of aromatic nitrogens is 3. The zero-order valence-corrected chi connectivity index (χ0v) is 16.6. The molecule has 0 saturated heterocycles. The van der Waals surface area contributed by atoms with Crippen LogP contribution in [-0.4, -0.2) is 33.8 Å². The van der Waals surface area contributed by atoms with Gasteiger partial charge in [-0.15, -0.1) is 0 Å². The number of nitrogens with zero attached hydrogens (tertiary/aromatic N) is 3. The summed E-state index contributed by atoms with van der Waals surface area (Å²) in [5.74, 6) is 1.50. The Balaban J connectivity index is 1.80. The number of hydrogen-bond donors (Lipinski definition) is 2. The molecule has 0 bridgehead atoms. The predicted octanol–water partition coefficient (Wildman–Crippen LogP) is 3.33. The van der Waals surface area contributed by atoms with Gasteiger partial charge in [0.2, 0.25) is 11.9 Å². The molecule has 0 fully saturated rings. The summed E-state index contributed by atoms with van der Waals surface area (Å²) in [5, 5.41) is 11.2. The first kappa shape index (κ1) is 19.0. The van der Waals surface area contributed by atoms with Crippen LogP contribution in [0, 0.1) is 0 Å². The second kappa shape index (κ2) is 8.34. The first-order valence-corrected chi connectivity index (χ1v) is 9.85. The van der Waals surface area contributed by atoms with E-state index in [9.17, 15) is 4.79 Å². The predicted molar refractivity (Wildman–Crippen MR) is 111 cm³/mol. The molecule has 1 aliphatic heterocycles. The topological polar surface area (TPSA) is 81.1 Å². The third-order valence-corrected chi connectivity index (χ3v) is 5.24. The minimum atomic E-state index is -0.237. The maximum Gasteiger partial charge on any atom is 0.222 e. The lowest BCUT2D eigenvalue weighted by molar-refractivity contribution is -0.122. The van der Waals surface area contributed by atoms with Crippen molar-refractivity contribution in [3.8, 4) is 5.75 Å². The van der Waals surface area contributed by atoms with Crippen LogP contribution in [0.2, 0.25) is 0 Å². The van der Waals surface area contributed by atoms with Gasteiger partial charge in [0.15, 0.2) is 0 Å². The van der Waals surface area contributed by atoms with E-state index in [1.54, 1.807) is 7.11 Å². The van der Waals surface area contributed by atoms with Crippen molar-refractivity contribution < 1.29 is 9.53 Å². The van der Waals surface area contributed by atoms with Crippen molar-refractivity contribution in [2.75, 3.05) is 12.4 Å². The number of amides is 1. The number of carbonyl (C=O) groups is 1. The summed E-state index contributed by atoms with van der Waals surface area (Å²) in [7, 11) is 1.65. The molecule has 2 N–H and O–H groups in total. The van der Waals surface area contributed by atoms with Crippen molar-refractivity contribution in [3.05, 3.63) is 72.1 Å². The summed E-state index contributed by atoms with van der Waals surface area (Å²) in [6.45, 7) is 2.00. The third-order valence-electron chi connectivity index (χ3n) is 5.24. The number of methoxy groups -OCH3 is 1. The Morgan fingerprint density at radius 1 is 1.14 bits per heavy atom. The van der Waals surface area contributed by atoms with Crippen LogP contribution in [-0.2, 0) is 4.79 Å². The lowest BCUT2D eigenvalue weighted by Crippen LogP contribution is -2.51. The number of carbonyl (C=O) groups excluding carboxylic acids is 1. The van der Waals surface area contributed by atoms with E-state index in [0.717, 1.165) is 23.3 Å². The summed E-state index contributed by atoms with van der Waals surface area (Å²) < 4.78 is 7.15. The van der Waals surface area contributed by atoms with Gasteiger partial charge >= 0.3 is 0 Å². The number of rotatable bonds is 6. The largest absolute Gasteiger partial charge is 0.497 e. The summed E-state index contributed by atoms with van der Waals surface area (Å²) in [6, 6.07) is 17.4. The zero-order chi connectivity index (χ0) is 20.2. The van der Waals surface area contributed by atoms with Crippen LogP contribution < -0.4 is 15.4 Å². The molecule has 7 nitrogen and oxygen atoms in total. The quantitative estimate of drug-likeness (QED) is 0.674. The number of anilines is 1. The Bertz CT molecular complexity index is 955. The fourth-order valence-corrected chi connectivity index (χ4v) is 3.87. The first-order valence-electron chi connectivity index (χ1n) is 9.85. The molecule has 0 radical (unpaired) electrons. The average molecular weight is 391 g/mol. The van der Waals surface area contributed by atoms with E-state index in [-0.39, 0.29) is 24.0 Å². The Morgan fingerprint density at radius 2 is 1.90 bits per heavy atom. The smallest absolute Gasteiger partial charge is 0.222 e. The molecule has 2 heterocycles. The highest BCUT2D eigenvalue weighted by Crippen LogP contribution is 2.38. The van der Waals surface area contributed by atoms with Crippen LogP contribution in [0.5, 0.6) is 5.75 Å². The molecule has 0 unspecified atom stereocenters. The molecule has 29 heavy (non-hydrogen) atoms. The molecule has 4 rings (SSSR count). The summed E-state index contributed by atoms with van der Waals surface area (Å²) in [6.07, 6.45) is 2.82. The normalized spacial score (nSPS) is 20.4. The van der Waals surface area contributed by atoms with Crippen molar-refractivity contribution in [2.45, 2.75) is 37.9 Å². The molecule has 1 amide bonds. The number of ether oxygens (including phenoxy) is 1. The maximum absolute atomic E-state index is 12.6. The molecule has 3 atom stereocenters. The fraction of sp³-hybridized carbons (Fsp3) is 0.318. The number of fused-ring (bicyclic) bond motifs is 1. The average Bonchev–Trinajstić information content (AvgIpc) is 3.22. The molecular weight excluding hydrogens is 366 g/mol. The van der Waals surface area contributed by atoms with Crippen LogP contribution in [0.3, 0.4) is 0 Å².